The Kier molecular flexibility index (Phi) is 4.34. The molecule has 0 atom stereocenters. The van der Waals surface area contributed by atoms with E-state index in [9.17, 15) is 4.79 Å². The number of carbonyl (C=O) groups is 1. The van der Waals surface area contributed by atoms with Gasteiger partial charge in [0.2, 0.25) is 0 Å². The van der Waals surface area contributed by atoms with Crippen LogP contribution in [0.2, 0.25) is 0 Å². The van der Waals surface area contributed by atoms with Crippen LogP contribution in [0.25, 0.3) is 0 Å². The van der Waals surface area contributed by atoms with Crippen LogP contribution in [0.3, 0.4) is 0 Å². The molecule has 1 saturated heterocycles. The van der Waals surface area contributed by atoms with Crippen molar-refractivity contribution < 1.29 is 9.53 Å². The standard InChI is InChI=1S/C13H20N4O2/c1-9(2)11-7-10(8-12(14)15-11)13(18)16-17-3-5-19-6-4-17/h7-9H,3-6H2,1-2H3,(H2,14,15)(H,16,18). The van der Waals surface area contributed by atoms with Crippen LogP contribution in [0, 0.1) is 0 Å². The van der Waals surface area contributed by atoms with Crippen molar-refractivity contribution >= 4 is 11.7 Å². The third-order valence-corrected chi connectivity index (χ3v) is 2.99. The lowest BCUT2D eigenvalue weighted by Gasteiger charge is -2.27. The molecule has 2 heterocycles. The summed E-state index contributed by atoms with van der Waals surface area (Å²) < 4.78 is 5.23. The molecule has 1 amide bonds. The fourth-order valence-corrected chi connectivity index (χ4v) is 1.88. The van der Waals surface area contributed by atoms with Crippen LogP contribution in [-0.4, -0.2) is 42.2 Å². The maximum Gasteiger partial charge on any atom is 0.265 e. The van der Waals surface area contributed by atoms with Crippen LogP contribution in [0.4, 0.5) is 5.82 Å². The highest BCUT2D eigenvalue weighted by molar-refractivity contribution is 5.94. The van der Waals surface area contributed by atoms with E-state index in [-0.39, 0.29) is 11.8 Å². The highest BCUT2D eigenvalue weighted by atomic mass is 16.5. The maximum atomic E-state index is 12.2. The largest absolute Gasteiger partial charge is 0.384 e. The molecule has 1 aromatic rings. The number of hydrazine groups is 1. The fourth-order valence-electron chi connectivity index (χ4n) is 1.88. The summed E-state index contributed by atoms with van der Waals surface area (Å²) in [6.45, 7) is 6.70. The van der Waals surface area contributed by atoms with Crippen molar-refractivity contribution in [1.29, 1.82) is 0 Å². The number of nitrogens with one attached hydrogen (secondary N) is 1. The fraction of sp³-hybridized carbons (Fsp3) is 0.538. The average Bonchev–Trinajstić information content (AvgIpc) is 2.39. The highest BCUT2D eigenvalue weighted by Crippen LogP contribution is 2.16. The predicted molar refractivity (Wildman–Crippen MR) is 72.6 cm³/mol. The Balaban J connectivity index is 2.09. The summed E-state index contributed by atoms with van der Waals surface area (Å²) in [7, 11) is 0. The Morgan fingerprint density at radius 1 is 1.42 bits per heavy atom. The molecule has 6 nitrogen and oxygen atoms in total. The first-order valence-electron chi connectivity index (χ1n) is 6.47. The number of nitrogen functional groups attached to an aromatic ring is 1. The SMILES string of the molecule is CC(C)c1cc(C(=O)NN2CCOCC2)cc(N)n1. The summed E-state index contributed by atoms with van der Waals surface area (Å²) in [4.78, 5) is 16.4. The van der Waals surface area contributed by atoms with E-state index in [4.69, 9.17) is 10.5 Å². The molecule has 1 fully saturated rings. The molecule has 1 aliphatic rings. The van der Waals surface area contributed by atoms with Gasteiger partial charge < -0.3 is 10.5 Å². The van der Waals surface area contributed by atoms with E-state index in [0.29, 0.717) is 37.7 Å². The lowest BCUT2D eigenvalue weighted by molar-refractivity contribution is 0.0126. The summed E-state index contributed by atoms with van der Waals surface area (Å²) in [5, 5.41) is 1.86. The van der Waals surface area contributed by atoms with Gasteiger partial charge in [-0.1, -0.05) is 13.8 Å². The van der Waals surface area contributed by atoms with Gasteiger partial charge in [0.1, 0.15) is 5.82 Å². The zero-order valence-electron chi connectivity index (χ0n) is 11.3. The minimum atomic E-state index is -0.155. The summed E-state index contributed by atoms with van der Waals surface area (Å²) in [6.07, 6.45) is 0. The molecule has 1 aromatic heterocycles. The van der Waals surface area contributed by atoms with Gasteiger partial charge in [0.15, 0.2) is 0 Å². The number of nitrogens with two attached hydrogens (primary N) is 1. The van der Waals surface area contributed by atoms with E-state index in [2.05, 4.69) is 10.4 Å². The van der Waals surface area contributed by atoms with E-state index in [1.807, 2.05) is 18.9 Å². The maximum absolute atomic E-state index is 12.2. The lowest BCUT2D eigenvalue weighted by atomic mass is 10.1. The molecule has 0 spiro atoms. The molecule has 6 heteroatoms. The van der Waals surface area contributed by atoms with Crippen LogP contribution in [0.15, 0.2) is 12.1 Å². The second kappa shape index (κ2) is 5.99. The van der Waals surface area contributed by atoms with Crippen molar-refractivity contribution in [2.24, 2.45) is 0 Å². The van der Waals surface area contributed by atoms with Gasteiger partial charge >= 0.3 is 0 Å². The minimum absolute atomic E-state index is 0.155. The summed E-state index contributed by atoms with van der Waals surface area (Å²) >= 11 is 0. The Bertz CT molecular complexity index is 456. The Hall–Kier alpha value is -1.66. The van der Waals surface area contributed by atoms with Crippen LogP contribution >= 0.6 is 0 Å². The first kappa shape index (κ1) is 13.8. The molecule has 0 unspecified atom stereocenters. The number of anilines is 1. The quantitative estimate of drug-likeness (QED) is 0.842. The van der Waals surface area contributed by atoms with E-state index in [1.54, 1.807) is 12.1 Å². The van der Waals surface area contributed by atoms with E-state index in [0.717, 1.165) is 5.69 Å². The highest BCUT2D eigenvalue weighted by Gasteiger charge is 2.16. The van der Waals surface area contributed by atoms with Crippen molar-refractivity contribution in [1.82, 2.24) is 15.4 Å². The van der Waals surface area contributed by atoms with Gasteiger partial charge in [-0.15, -0.1) is 0 Å². The number of amides is 1. The first-order valence-corrected chi connectivity index (χ1v) is 6.47. The zero-order chi connectivity index (χ0) is 13.8. The number of carbonyl (C=O) groups excluding carboxylic acids is 1. The van der Waals surface area contributed by atoms with Crippen molar-refractivity contribution in [3.8, 4) is 0 Å². The van der Waals surface area contributed by atoms with Gasteiger partial charge in [-0.3, -0.25) is 10.2 Å². The van der Waals surface area contributed by atoms with Crippen LogP contribution in [0.5, 0.6) is 0 Å². The molecule has 3 N–H and O–H groups in total. The number of rotatable bonds is 3. The van der Waals surface area contributed by atoms with Gasteiger partial charge in [0.25, 0.3) is 5.91 Å². The lowest BCUT2D eigenvalue weighted by Crippen LogP contribution is -2.48. The van der Waals surface area contributed by atoms with Crippen LogP contribution in [0.1, 0.15) is 35.8 Å². The monoisotopic (exact) mass is 264 g/mol. The van der Waals surface area contributed by atoms with Crippen molar-refractivity contribution in [2.75, 3.05) is 32.0 Å². The molecule has 0 aliphatic carbocycles. The molecule has 0 radical (unpaired) electrons. The number of aromatic nitrogens is 1. The van der Waals surface area contributed by atoms with Crippen molar-refractivity contribution in [3.05, 3.63) is 23.4 Å². The number of nitrogens with zero attached hydrogens (tertiary/aromatic N) is 2. The third kappa shape index (κ3) is 3.65. The second-order valence-electron chi connectivity index (χ2n) is 4.90. The molecule has 0 aromatic carbocycles. The van der Waals surface area contributed by atoms with E-state index in [1.165, 1.54) is 0 Å². The average molecular weight is 264 g/mol. The molecular weight excluding hydrogens is 244 g/mol. The molecular formula is C13H20N4O2. The predicted octanol–water partition coefficient (Wildman–Crippen LogP) is 0.764. The zero-order valence-corrected chi connectivity index (χ0v) is 11.3. The Morgan fingerprint density at radius 2 is 2.11 bits per heavy atom. The summed E-state index contributed by atoms with van der Waals surface area (Å²) in [5.41, 5.74) is 9.97. The van der Waals surface area contributed by atoms with Gasteiger partial charge in [-0.25, -0.2) is 9.99 Å². The normalized spacial score (nSPS) is 16.6. The number of morpholine rings is 1. The first-order chi connectivity index (χ1) is 9.06. The molecule has 19 heavy (non-hydrogen) atoms. The van der Waals surface area contributed by atoms with Crippen molar-refractivity contribution in [2.45, 2.75) is 19.8 Å². The van der Waals surface area contributed by atoms with Gasteiger partial charge in [-0.2, -0.15) is 0 Å². The smallest absolute Gasteiger partial charge is 0.265 e. The van der Waals surface area contributed by atoms with Gasteiger partial charge in [-0.05, 0) is 18.1 Å². The number of ether oxygens (including phenoxy) is 1. The molecule has 0 bridgehead atoms. The van der Waals surface area contributed by atoms with E-state index < -0.39 is 0 Å². The Morgan fingerprint density at radius 3 is 2.74 bits per heavy atom. The molecule has 104 valence electrons. The van der Waals surface area contributed by atoms with Crippen molar-refractivity contribution in [3.63, 3.8) is 0 Å². The summed E-state index contributed by atoms with van der Waals surface area (Å²) in [5.74, 6) is 0.453. The van der Waals surface area contributed by atoms with E-state index >= 15 is 0 Å². The topological polar surface area (TPSA) is 80.5 Å². The number of hydrogen-bond acceptors (Lipinski definition) is 5. The minimum Gasteiger partial charge on any atom is -0.384 e. The molecule has 1 aliphatic heterocycles. The second-order valence-corrected chi connectivity index (χ2v) is 4.90. The van der Waals surface area contributed by atoms with Crippen LogP contribution in [-0.2, 0) is 4.74 Å². The van der Waals surface area contributed by atoms with Crippen LogP contribution < -0.4 is 11.2 Å². The van der Waals surface area contributed by atoms with Gasteiger partial charge in [0, 0.05) is 24.3 Å². The Labute approximate surface area is 112 Å². The molecule has 0 saturated carbocycles. The third-order valence-electron chi connectivity index (χ3n) is 2.99. The van der Waals surface area contributed by atoms with Gasteiger partial charge in [0.05, 0.1) is 13.2 Å². The number of hydrogen-bond donors (Lipinski definition) is 2. The number of pyridine rings is 1. The summed E-state index contributed by atoms with van der Waals surface area (Å²) in [6, 6.07) is 3.39. The molecule has 2 rings (SSSR count).